The lowest BCUT2D eigenvalue weighted by Crippen LogP contribution is -2.28. The summed E-state index contributed by atoms with van der Waals surface area (Å²) in [6.07, 6.45) is 0.862. The molecule has 1 amide bonds. The number of nitrogens with two attached hydrogens (primary N) is 1. The maximum atomic E-state index is 13.3. The summed E-state index contributed by atoms with van der Waals surface area (Å²) >= 11 is 1.35. The predicted molar refractivity (Wildman–Crippen MR) is 114 cm³/mol. The molecule has 2 N–H and O–H groups in total. The largest absolute Gasteiger partial charge is 0.486 e. The van der Waals surface area contributed by atoms with Crippen molar-refractivity contribution in [2.24, 2.45) is 0 Å². The number of hydrogen-bond donors (Lipinski definition) is 1. The van der Waals surface area contributed by atoms with E-state index in [1.807, 2.05) is 41.3 Å². The average Bonchev–Trinajstić information content (AvgIpc) is 3.31. The zero-order valence-corrected chi connectivity index (χ0v) is 16.3. The molecule has 6 nitrogen and oxygen atoms in total. The first-order valence-electron chi connectivity index (χ1n) is 9.51. The fourth-order valence-corrected chi connectivity index (χ4v) is 5.10. The molecule has 0 atom stereocenters. The van der Waals surface area contributed by atoms with Gasteiger partial charge in [0.15, 0.2) is 11.5 Å². The van der Waals surface area contributed by atoms with Crippen LogP contribution < -0.4 is 20.1 Å². The van der Waals surface area contributed by atoms with E-state index in [1.54, 1.807) is 0 Å². The second-order valence-electron chi connectivity index (χ2n) is 7.21. The summed E-state index contributed by atoms with van der Waals surface area (Å²) in [7, 11) is 0. The van der Waals surface area contributed by atoms with Gasteiger partial charge in [-0.15, -0.1) is 11.3 Å². The number of ether oxygens (including phenoxy) is 2. The van der Waals surface area contributed by atoms with E-state index in [2.05, 4.69) is 6.07 Å². The van der Waals surface area contributed by atoms with Gasteiger partial charge in [0.25, 0.3) is 5.91 Å². The molecule has 0 radical (unpaired) electrons. The summed E-state index contributed by atoms with van der Waals surface area (Å²) in [5.74, 6) is 1.35. The smallest absolute Gasteiger partial charge is 0.270 e. The average molecular weight is 403 g/mol. The minimum Gasteiger partial charge on any atom is -0.486 e. The van der Waals surface area contributed by atoms with E-state index in [1.165, 1.54) is 16.9 Å². The third kappa shape index (κ3) is 2.47. The van der Waals surface area contributed by atoms with Crippen molar-refractivity contribution in [1.29, 1.82) is 0 Å². The number of rotatable bonds is 1. The van der Waals surface area contributed by atoms with Crippen LogP contribution >= 0.6 is 11.3 Å². The SMILES string of the molecule is Nc1c(C(=O)N2CCc3ccccc32)sc2nc3cc4c(cc3cc12)OCCO4. The molecule has 0 spiro atoms. The summed E-state index contributed by atoms with van der Waals surface area (Å²) in [4.78, 5) is 21.2. The Kier molecular flexibility index (Phi) is 3.49. The van der Waals surface area contributed by atoms with E-state index in [0.717, 1.165) is 33.2 Å². The van der Waals surface area contributed by atoms with Gasteiger partial charge in [0.1, 0.15) is 22.9 Å². The van der Waals surface area contributed by atoms with Gasteiger partial charge in [-0.25, -0.2) is 4.98 Å². The Morgan fingerprint density at radius 3 is 2.76 bits per heavy atom. The van der Waals surface area contributed by atoms with Crippen LogP contribution in [0.3, 0.4) is 0 Å². The Labute approximate surface area is 170 Å². The maximum Gasteiger partial charge on any atom is 0.270 e. The third-order valence-electron chi connectivity index (χ3n) is 5.50. The van der Waals surface area contributed by atoms with Crippen molar-refractivity contribution < 1.29 is 14.3 Å². The standard InChI is InChI=1S/C22H17N3O3S/c23-19-14-9-13-10-17-18(28-8-7-27-17)11-15(13)24-21(14)29-20(19)22(26)25-6-5-12-3-1-2-4-16(12)25/h1-4,9-11H,5-8,23H2. The number of para-hydroxylation sites is 1. The molecule has 0 unspecified atom stereocenters. The Morgan fingerprint density at radius 1 is 1.10 bits per heavy atom. The van der Waals surface area contributed by atoms with Gasteiger partial charge in [-0.05, 0) is 30.2 Å². The number of carbonyl (C=O) groups excluding carboxylic acids is 1. The molecule has 2 aromatic heterocycles. The normalized spacial score (nSPS) is 15.1. The number of thiophene rings is 1. The monoisotopic (exact) mass is 403 g/mol. The van der Waals surface area contributed by atoms with Crippen molar-refractivity contribution in [2.45, 2.75) is 6.42 Å². The number of pyridine rings is 1. The number of hydrogen-bond acceptors (Lipinski definition) is 6. The Morgan fingerprint density at radius 2 is 1.90 bits per heavy atom. The second kappa shape index (κ2) is 6.09. The molecule has 6 rings (SSSR count). The van der Waals surface area contributed by atoms with Gasteiger partial charge < -0.3 is 20.1 Å². The lowest BCUT2D eigenvalue weighted by atomic mass is 10.1. The van der Waals surface area contributed by atoms with Crippen molar-refractivity contribution in [1.82, 2.24) is 4.98 Å². The number of amides is 1. The number of benzene rings is 2. The molecule has 0 bridgehead atoms. The topological polar surface area (TPSA) is 77.7 Å². The first-order chi connectivity index (χ1) is 14.2. The molecular weight excluding hydrogens is 386 g/mol. The number of nitrogen functional groups attached to an aromatic ring is 1. The second-order valence-corrected chi connectivity index (χ2v) is 8.21. The molecule has 0 aliphatic carbocycles. The van der Waals surface area contributed by atoms with Crippen LogP contribution in [0.1, 0.15) is 15.2 Å². The molecular formula is C22H17N3O3S. The summed E-state index contributed by atoms with van der Waals surface area (Å²) in [5.41, 5.74) is 9.87. The fourth-order valence-electron chi connectivity index (χ4n) is 4.07. The maximum absolute atomic E-state index is 13.3. The van der Waals surface area contributed by atoms with Gasteiger partial charge in [-0.2, -0.15) is 0 Å². The van der Waals surface area contributed by atoms with Gasteiger partial charge in [-0.3, -0.25) is 4.79 Å². The van der Waals surface area contributed by atoms with Gasteiger partial charge in [0.05, 0.1) is 11.2 Å². The summed E-state index contributed by atoms with van der Waals surface area (Å²) < 4.78 is 11.3. The van der Waals surface area contributed by atoms with Gasteiger partial charge in [0.2, 0.25) is 0 Å². The van der Waals surface area contributed by atoms with E-state index < -0.39 is 0 Å². The first-order valence-corrected chi connectivity index (χ1v) is 10.3. The van der Waals surface area contributed by atoms with Crippen LogP contribution in [0.15, 0.2) is 42.5 Å². The van der Waals surface area contributed by atoms with Crippen molar-refractivity contribution >= 4 is 49.7 Å². The van der Waals surface area contributed by atoms with Crippen molar-refractivity contribution in [3.8, 4) is 11.5 Å². The quantitative estimate of drug-likeness (QED) is 0.520. The number of aromatic nitrogens is 1. The van der Waals surface area contributed by atoms with E-state index in [-0.39, 0.29) is 5.91 Å². The lowest BCUT2D eigenvalue weighted by molar-refractivity contribution is 0.0994. The third-order valence-corrected chi connectivity index (χ3v) is 6.61. The van der Waals surface area contributed by atoms with Crippen LogP contribution in [-0.4, -0.2) is 30.6 Å². The van der Waals surface area contributed by atoms with E-state index in [4.69, 9.17) is 20.2 Å². The lowest BCUT2D eigenvalue weighted by Gasteiger charge is -2.18. The van der Waals surface area contributed by atoms with Crippen molar-refractivity contribution in [3.05, 3.63) is 52.9 Å². The first kappa shape index (κ1) is 16.6. The highest BCUT2D eigenvalue weighted by atomic mass is 32.1. The van der Waals surface area contributed by atoms with E-state index in [9.17, 15) is 4.79 Å². The highest BCUT2D eigenvalue weighted by molar-refractivity contribution is 7.21. The van der Waals surface area contributed by atoms with Crippen LogP contribution in [-0.2, 0) is 6.42 Å². The van der Waals surface area contributed by atoms with Crippen LogP contribution in [0, 0.1) is 0 Å². The number of anilines is 2. The van der Waals surface area contributed by atoms with Crippen molar-refractivity contribution in [3.63, 3.8) is 0 Å². The fraction of sp³-hybridized carbons (Fsp3) is 0.182. The molecule has 2 aliphatic rings. The molecule has 29 heavy (non-hydrogen) atoms. The number of carbonyl (C=O) groups is 1. The molecule has 0 saturated carbocycles. The highest BCUT2D eigenvalue weighted by Crippen LogP contribution is 2.40. The summed E-state index contributed by atoms with van der Waals surface area (Å²) in [6, 6.07) is 13.8. The van der Waals surface area contributed by atoms with Gasteiger partial charge in [0, 0.05) is 29.1 Å². The number of fused-ring (bicyclic) bond motifs is 4. The van der Waals surface area contributed by atoms with Crippen LogP contribution in [0.25, 0.3) is 21.1 Å². The molecule has 2 aromatic carbocycles. The summed E-state index contributed by atoms with van der Waals surface area (Å²) in [5, 5.41) is 1.71. The molecule has 0 saturated heterocycles. The van der Waals surface area contributed by atoms with Gasteiger partial charge >= 0.3 is 0 Å². The summed E-state index contributed by atoms with van der Waals surface area (Å²) in [6.45, 7) is 1.73. The molecule has 7 heteroatoms. The van der Waals surface area contributed by atoms with E-state index in [0.29, 0.717) is 41.8 Å². The minimum absolute atomic E-state index is 0.0644. The Bertz CT molecular complexity index is 1310. The predicted octanol–water partition coefficient (Wildman–Crippen LogP) is 4.01. The Balaban J connectivity index is 1.47. The molecule has 2 aliphatic heterocycles. The van der Waals surface area contributed by atoms with Crippen LogP contribution in [0.5, 0.6) is 11.5 Å². The molecule has 4 heterocycles. The van der Waals surface area contributed by atoms with E-state index >= 15 is 0 Å². The Hall–Kier alpha value is -3.32. The number of nitrogens with zero attached hydrogens (tertiary/aromatic N) is 2. The van der Waals surface area contributed by atoms with Crippen molar-refractivity contribution in [2.75, 3.05) is 30.4 Å². The molecule has 0 fully saturated rings. The zero-order chi connectivity index (χ0) is 19.5. The molecule has 144 valence electrons. The van der Waals surface area contributed by atoms with Gasteiger partial charge in [-0.1, -0.05) is 18.2 Å². The van der Waals surface area contributed by atoms with Crippen LogP contribution in [0.2, 0.25) is 0 Å². The molecule has 4 aromatic rings. The zero-order valence-electron chi connectivity index (χ0n) is 15.5. The van der Waals surface area contributed by atoms with Crippen LogP contribution in [0.4, 0.5) is 11.4 Å². The highest BCUT2D eigenvalue weighted by Gasteiger charge is 2.29. The minimum atomic E-state index is -0.0644.